The molecule has 0 atom stereocenters. The number of rotatable bonds is 0. The first-order valence-electron chi connectivity index (χ1n) is 7.56. The molecule has 0 bridgehead atoms. The summed E-state index contributed by atoms with van der Waals surface area (Å²) in [5, 5.41) is 1.39. The summed E-state index contributed by atoms with van der Waals surface area (Å²) in [6, 6.07) is 2.22. The Morgan fingerprint density at radius 2 is 1.65 bits per heavy atom. The molecular formula is C18H26N2. The number of hydrogen-bond donors (Lipinski definition) is 0. The van der Waals surface area contributed by atoms with E-state index >= 15 is 0 Å². The van der Waals surface area contributed by atoms with Crippen molar-refractivity contribution in [2.24, 2.45) is 0 Å². The third-order valence-electron chi connectivity index (χ3n) is 4.75. The van der Waals surface area contributed by atoms with Crippen LogP contribution in [0.25, 0.3) is 11.0 Å². The molecule has 2 nitrogen and oxygen atoms in total. The average Bonchev–Trinajstić information content (AvgIpc) is 2.65. The van der Waals surface area contributed by atoms with Gasteiger partial charge in [0.1, 0.15) is 5.65 Å². The van der Waals surface area contributed by atoms with Gasteiger partial charge in [-0.05, 0) is 55.2 Å². The molecular weight excluding hydrogens is 244 g/mol. The highest BCUT2D eigenvalue weighted by atomic mass is 15.1. The van der Waals surface area contributed by atoms with Crippen molar-refractivity contribution in [3.8, 4) is 0 Å². The van der Waals surface area contributed by atoms with Crippen molar-refractivity contribution in [1.29, 1.82) is 0 Å². The molecule has 2 heterocycles. The lowest BCUT2D eigenvalue weighted by molar-refractivity contribution is 0.339. The number of pyridine rings is 1. The normalized spacial score (nSPS) is 20.4. The summed E-state index contributed by atoms with van der Waals surface area (Å²) >= 11 is 0. The van der Waals surface area contributed by atoms with Gasteiger partial charge in [-0.1, -0.05) is 27.7 Å². The Labute approximate surface area is 122 Å². The van der Waals surface area contributed by atoms with Crippen LogP contribution in [0, 0.1) is 0 Å². The van der Waals surface area contributed by atoms with Gasteiger partial charge in [-0.2, -0.15) is 0 Å². The molecule has 0 aliphatic heterocycles. The zero-order valence-corrected chi connectivity index (χ0v) is 13.8. The Morgan fingerprint density at radius 3 is 2.25 bits per heavy atom. The van der Waals surface area contributed by atoms with Gasteiger partial charge in [0.05, 0.1) is 0 Å². The molecule has 0 spiro atoms. The van der Waals surface area contributed by atoms with Gasteiger partial charge in [0.15, 0.2) is 0 Å². The molecule has 0 radical (unpaired) electrons. The van der Waals surface area contributed by atoms with Crippen LogP contribution in [0.1, 0.15) is 66.0 Å². The Kier molecular flexibility index (Phi) is 2.50. The van der Waals surface area contributed by atoms with Crippen molar-refractivity contribution in [2.45, 2.75) is 71.3 Å². The van der Waals surface area contributed by atoms with Crippen LogP contribution < -0.4 is 0 Å². The summed E-state index contributed by atoms with van der Waals surface area (Å²) in [5.74, 6) is 0. The lowest BCUT2D eigenvalue weighted by Gasteiger charge is -2.40. The third-order valence-corrected chi connectivity index (χ3v) is 4.75. The van der Waals surface area contributed by atoms with E-state index in [0.29, 0.717) is 0 Å². The standard InChI is InChI=1S/C18H26N2/c1-16(2,3)20-10-13-14-12(8-9-19-15(14)20)17(4,5)11-18(13,6)7/h8-10H,11H2,1-7H3. The van der Waals surface area contributed by atoms with Gasteiger partial charge in [-0.15, -0.1) is 0 Å². The summed E-state index contributed by atoms with van der Waals surface area (Å²) in [5.41, 5.74) is 4.54. The van der Waals surface area contributed by atoms with E-state index in [2.05, 4.69) is 65.3 Å². The van der Waals surface area contributed by atoms with Crippen molar-refractivity contribution in [1.82, 2.24) is 9.55 Å². The molecule has 3 rings (SSSR count). The van der Waals surface area contributed by atoms with Gasteiger partial charge in [-0.25, -0.2) is 4.98 Å². The fraction of sp³-hybridized carbons (Fsp3) is 0.611. The van der Waals surface area contributed by atoms with E-state index < -0.39 is 0 Å². The number of aromatic nitrogens is 2. The monoisotopic (exact) mass is 270 g/mol. The molecule has 0 fully saturated rings. The molecule has 1 aliphatic carbocycles. The van der Waals surface area contributed by atoms with E-state index in [1.807, 2.05) is 6.20 Å². The van der Waals surface area contributed by atoms with Gasteiger partial charge in [0.2, 0.25) is 0 Å². The van der Waals surface area contributed by atoms with Crippen molar-refractivity contribution in [3.63, 3.8) is 0 Å². The lowest BCUT2D eigenvalue weighted by atomic mass is 9.63. The molecule has 2 aromatic rings. The van der Waals surface area contributed by atoms with Gasteiger partial charge < -0.3 is 4.57 Å². The summed E-state index contributed by atoms with van der Waals surface area (Å²) in [6.07, 6.45) is 5.50. The van der Waals surface area contributed by atoms with Gasteiger partial charge in [0.25, 0.3) is 0 Å². The third kappa shape index (κ3) is 1.73. The molecule has 0 saturated carbocycles. The quantitative estimate of drug-likeness (QED) is 0.675. The van der Waals surface area contributed by atoms with Gasteiger partial charge in [-0.3, -0.25) is 0 Å². The van der Waals surface area contributed by atoms with Gasteiger partial charge in [0, 0.05) is 23.3 Å². The minimum absolute atomic E-state index is 0.0622. The van der Waals surface area contributed by atoms with Crippen LogP contribution in [-0.2, 0) is 16.4 Å². The fourth-order valence-corrected chi connectivity index (χ4v) is 4.04. The summed E-state index contributed by atoms with van der Waals surface area (Å²) in [4.78, 5) is 4.71. The maximum atomic E-state index is 4.71. The van der Waals surface area contributed by atoms with E-state index in [1.165, 1.54) is 22.9 Å². The lowest BCUT2D eigenvalue weighted by Crippen LogP contribution is -2.33. The highest BCUT2D eigenvalue weighted by Crippen LogP contribution is 2.49. The zero-order chi connectivity index (χ0) is 14.9. The van der Waals surface area contributed by atoms with Crippen LogP contribution in [0.15, 0.2) is 18.5 Å². The highest BCUT2D eigenvalue weighted by Gasteiger charge is 2.41. The van der Waals surface area contributed by atoms with Crippen LogP contribution >= 0.6 is 0 Å². The second kappa shape index (κ2) is 3.66. The number of nitrogens with zero attached hydrogens (tertiary/aromatic N) is 2. The maximum absolute atomic E-state index is 4.71. The Hall–Kier alpha value is -1.31. The molecule has 0 aromatic carbocycles. The van der Waals surface area contributed by atoms with E-state index in [4.69, 9.17) is 4.98 Å². The van der Waals surface area contributed by atoms with Crippen molar-refractivity contribution >= 4 is 11.0 Å². The number of hydrogen-bond acceptors (Lipinski definition) is 1. The summed E-state index contributed by atoms with van der Waals surface area (Å²) < 4.78 is 2.35. The second-order valence-corrected chi connectivity index (χ2v) is 8.59. The van der Waals surface area contributed by atoms with Crippen LogP contribution in [0.3, 0.4) is 0 Å². The largest absolute Gasteiger partial charge is 0.327 e. The SMILES string of the molecule is CC1(C)CC(C)(C)c2cn(C(C)(C)C)c3nccc1c23. The van der Waals surface area contributed by atoms with E-state index in [0.717, 1.165) is 5.65 Å². The van der Waals surface area contributed by atoms with E-state index in [1.54, 1.807) is 0 Å². The van der Waals surface area contributed by atoms with E-state index in [-0.39, 0.29) is 16.4 Å². The molecule has 2 heteroatoms. The summed E-state index contributed by atoms with van der Waals surface area (Å²) in [7, 11) is 0. The Bertz CT molecular complexity index is 681. The maximum Gasteiger partial charge on any atom is 0.140 e. The molecule has 0 amide bonds. The Balaban J connectivity index is 2.47. The minimum atomic E-state index is 0.0622. The van der Waals surface area contributed by atoms with Crippen LogP contribution in [0.2, 0.25) is 0 Å². The predicted octanol–water partition coefficient (Wildman–Crippen LogP) is 4.75. The molecule has 0 saturated heterocycles. The van der Waals surface area contributed by atoms with Crippen LogP contribution in [0.5, 0.6) is 0 Å². The first-order chi connectivity index (χ1) is 9.04. The molecule has 108 valence electrons. The van der Waals surface area contributed by atoms with E-state index in [9.17, 15) is 0 Å². The van der Waals surface area contributed by atoms with Crippen LogP contribution in [0.4, 0.5) is 0 Å². The second-order valence-electron chi connectivity index (χ2n) is 8.59. The van der Waals surface area contributed by atoms with Crippen molar-refractivity contribution < 1.29 is 0 Å². The highest BCUT2D eigenvalue weighted by molar-refractivity contribution is 5.87. The predicted molar refractivity (Wildman–Crippen MR) is 85.4 cm³/mol. The van der Waals surface area contributed by atoms with Crippen molar-refractivity contribution in [3.05, 3.63) is 29.6 Å². The topological polar surface area (TPSA) is 17.8 Å². The smallest absolute Gasteiger partial charge is 0.140 e. The minimum Gasteiger partial charge on any atom is -0.327 e. The molecule has 1 aliphatic rings. The zero-order valence-electron chi connectivity index (χ0n) is 13.8. The molecule has 2 aromatic heterocycles. The van der Waals surface area contributed by atoms with Crippen molar-refractivity contribution in [2.75, 3.05) is 0 Å². The first kappa shape index (κ1) is 13.7. The fourth-order valence-electron chi connectivity index (χ4n) is 4.04. The van der Waals surface area contributed by atoms with Gasteiger partial charge >= 0.3 is 0 Å². The Morgan fingerprint density at radius 1 is 1.05 bits per heavy atom. The van der Waals surface area contributed by atoms with Crippen LogP contribution in [-0.4, -0.2) is 9.55 Å². The average molecular weight is 270 g/mol. The molecule has 0 N–H and O–H groups in total. The summed E-state index contributed by atoms with van der Waals surface area (Å²) in [6.45, 7) is 16.2. The first-order valence-corrected chi connectivity index (χ1v) is 7.56. The molecule has 20 heavy (non-hydrogen) atoms. The molecule has 0 unspecified atom stereocenters.